The number of esters is 1. The lowest BCUT2D eigenvalue weighted by atomic mass is 10.2. The molecule has 0 aliphatic rings. The van der Waals surface area contributed by atoms with E-state index in [1.807, 2.05) is 19.1 Å². The maximum absolute atomic E-state index is 11.9. The number of rotatable bonds is 6. The number of methoxy groups -OCH3 is 1. The zero-order chi connectivity index (χ0) is 24.2. The van der Waals surface area contributed by atoms with Crippen molar-refractivity contribution in [3.8, 4) is 0 Å². The minimum Gasteiger partial charge on any atom is -0.465 e. The third kappa shape index (κ3) is 5.19. The highest BCUT2D eigenvalue weighted by Crippen LogP contribution is 2.43. The molecule has 3 aromatic rings. The highest BCUT2D eigenvalue weighted by atomic mass is 32.2. The smallest absolute Gasteiger partial charge is 0.340 e. The summed E-state index contributed by atoms with van der Waals surface area (Å²) in [5.41, 5.74) is 12.8. The second-order valence-corrected chi connectivity index (χ2v) is 8.13. The fourth-order valence-electron chi connectivity index (χ4n) is 2.80. The third-order valence-electron chi connectivity index (χ3n) is 4.55. The van der Waals surface area contributed by atoms with Gasteiger partial charge in [-0.15, -0.1) is 15.3 Å². The van der Waals surface area contributed by atoms with E-state index in [0.29, 0.717) is 5.69 Å². The van der Waals surface area contributed by atoms with E-state index >= 15 is 0 Å². The number of carbonyl (C=O) groups excluding carboxylic acids is 1. The number of hydrogen-bond acceptors (Lipinski definition) is 10. The number of nitrogen functional groups attached to an aromatic ring is 2. The van der Waals surface area contributed by atoms with Crippen molar-refractivity contribution in [2.45, 2.75) is 11.8 Å². The largest absolute Gasteiger partial charge is 0.465 e. The highest BCUT2D eigenvalue weighted by molar-refractivity contribution is 7.86. The van der Waals surface area contributed by atoms with Crippen molar-refractivity contribution in [2.24, 2.45) is 20.5 Å². The maximum Gasteiger partial charge on any atom is 0.340 e. The number of carbonyl (C=O) groups is 1. The minimum absolute atomic E-state index is 0.128. The van der Waals surface area contributed by atoms with Crippen molar-refractivity contribution < 1.29 is 22.5 Å². The monoisotopic (exact) mass is 468 g/mol. The Morgan fingerprint density at radius 2 is 1.45 bits per heavy atom. The van der Waals surface area contributed by atoms with Gasteiger partial charge in [0.15, 0.2) is 0 Å². The molecule has 0 amide bonds. The van der Waals surface area contributed by atoms with Crippen LogP contribution in [0.4, 0.5) is 34.1 Å². The molecule has 0 spiro atoms. The molecule has 12 heteroatoms. The van der Waals surface area contributed by atoms with Gasteiger partial charge in [0, 0.05) is 0 Å². The topological polar surface area (TPSA) is 182 Å². The zero-order valence-electron chi connectivity index (χ0n) is 17.6. The van der Waals surface area contributed by atoms with E-state index in [0.717, 1.165) is 11.6 Å². The number of nitrogens with zero attached hydrogens (tertiary/aromatic N) is 4. The molecule has 0 radical (unpaired) electrons. The molecule has 0 heterocycles. The molecule has 0 saturated carbocycles. The Kier molecular flexibility index (Phi) is 6.80. The molecule has 0 aromatic heterocycles. The van der Waals surface area contributed by atoms with E-state index in [-0.39, 0.29) is 28.3 Å². The fraction of sp³-hybridized carbons (Fsp3) is 0.0952. The summed E-state index contributed by atoms with van der Waals surface area (Å²) in [6.07, 6.45) is 0. The van der Waals surface area contributed by atoms with Gasteiger partial charge in [-0.25, -0.2) is 4.79 Å². The first-order valence-corrected chi connectivity index (χ1v) is 10.8. The Bertz CT molecular complexity index is 1390. The van der Waals surface area contributed by atoms with Gasteiger partial charge in [-0.3, -0.25) is 4.55 Å². The first-order chi connectivity index (χ1) is 15.6. The summed E-state index contributed by atoms with van der Waals surface area (Å²) >= 11 is 0. The molecule has 0 saturated heterocycles. The van der Waals surface area contributed by atoms with Crippen LogP contribution >= 0.6 is 0 Å². The van der Waals surface area contributed by atoms with Gasteiger partial charge < -0.3 is 16.2 Å². The van der Waals surface area contributed by atoms with Gasteiger partial charge >= 0.3 is 5.97 Å². The van der Waals surface area contributed by atoms with Crippen LogP contribution in [0.2, 0.25) is 0 Å². The quantitative estimate of drug-likeness (QED) is 0.196. The highest BCUT2D eigenvalue weighted by Gasteiger charge is 2.22. The Hall–Kier alpha value is -4.16. The van der Waals surface area contributed by atoms with Crippen LogP contribution in [0.25, 0.3) is 0 Å². The van der Waals surface area contributed by atoms with Gasteiger partial charge in [-0.05, 0) is 36.8 Å². The number of anilines is 2. The summed E-state index contributed by atoms with van der Waals surface area (Å²) in [6, 6.07) is 14.3. The van der Waals surface area contributed by atoms with Crippen molar-refractivity contribution in [2.75, 3.05) is 18.6 Å². The lowest BCUT2D eigenvalue weighted by Gasteiger charge is -2.10. The van der Waals surface area contributed by atoms with Crippen LogP contribution in [-0.2, 0) is 14.9 Å². The van der Waals surface area contributed by atoms with Crippen molar-refractivity contribution in [3.63, 3.8) is 0 Å². The maximum atomic E-state index is 11.9. The predicted octanol–water partition coefficient (Wildman–Crippen LogP) is 5.02. The zero-order valence-corrected chi connectivity index (χ0v) is 18.4. The predicted molar refractivity (Wildman–Crippen MR) is 122 cm³/mol. The molecule has 0 atom stereocenters. The van der Waals surface area contributed by atoms with Gasteiger partial charge in [0.25, 0.3) is 10.1 Å². The van der Waals surface area contributed by atoms with Gasteiger partial charge in [-0.1, -0.05) is 30.3 Å². The molecule has 33 heavy (non-hydrogen) atoms. The summed E-state index contributed by atoms with van der Waals surface area (Å²) in [5.74, 6) is -0.638. The summed E-state index contributed by atoms with van der Waals surface area (Å²) in [6.45, 7) is 1.81. The van der Waals surface area contributed by atoms with Crippen LogP contribution in [0, 0.1) is 6.92 Å². The standard InChI is InChI=1S/C21H20N6O5S/c1-12-7-3-5-9-14(12)24-27-20-18(22)16(11-17(19(20)23)33(29,30)31)26-25-15-10-6-4-8-13(15)21(28)32-2/h3-11H,22-23H2,1-2H3,(H,29,30,31)/b26-25+,27-24+. The molecule has 0 bridgehead atoms. The van der Waals surface area contributed by atoms with E-state index < -0.39 is 26.7 Å². The average molecular weight is 468 g/mol. The normalized spacial score (nSPS) is 11.8. The van der Waals surface area contributed by atoms with Crippen molar-refractivity contribution in [3.05, 3.63) is 65.7 Å². The lowest BCUT2D eigenvalue weighted by Crippen LogP contribution is -2.05. The van der Waals surface area contributed by atoms with Crippen LogP contribution in [0.15, 0.2) is 79.9 Å². The molecular weight excluding hydrogens is 448 g/mol. The molecule has 0 fully saturated rings. The van der Waals surface area contributed by atoms with Crippen LogP contribution in [-0.4, -0.2) is 26.0 Å². The van der Waals surface area contributed by atoms with Gasteiger partial charge in [-0.2, -0.15) is 13.5 Å². The van der Waals surface area contributed by atoms with E-state index in [1.54, 1.807) is 24.3 Å². The number of azo groups is 2. The Balaban J connectivity index is 2.16. The lowest BCUT2D eigenvalue weighted by molar-refractivity contribution is 0.0601. The van der Waals surface area contributed by atoms with Crippen LogP contribution < -0.4 is 11.5 Å². The van der Waals surface area contributed by atoms with Crippen molar-refractivity contribution in [1.29, 1.82) is 0 Å². The minimum atomic E-state index is -4.75. The van der Waals surface area contributed by atoms with Crippen LogP contribution in [0.1, 0.15) is 15.9 Å². The molecular formula is C21H20N6O5S. The molecule has 170 valence electrons. The third-order valence-corrected chi connectivity index (χ3v) is 5.44. The Labute approximate surface area is 189 Å². The summed E-state index contributed by atoms with van der Waals surface area (Å²) in [7, 11) is -3.53. The number of aryl methyl sites for hydroxylation is 1. The fourth-order valence-corrected chi connectivity index (χ4v) is 3.43. The molecule has 3 rings (SSSR count). The number of benzene rings is 3. The Morgan fingerprint density at radius 3 is 2.09 bits per heavy atom. The molecule has 0 unspecified atom stereocenters. The van der Waals surface area contributed by atoms with Crippen LogP contribution in [0.5, 0.6) is 0 Å². The van der Waals surface area contributed by atoms with Crippen LogP contribution in [0.3, 0.4) is 0 Å². The molecule has 11 nitrogen and oxygen atoms in total. The summed E-state index contributed by atoms with van der Waals surface area (Å²) < 4.78 is 38.1. The number of nitrogens with two attached hydrogens (primary N) is 2. The summed E-state index contributed by atoms with van der Waals surface area (Å²) in [5, 5.41) is 16.0. The molecule has 0 aliphatic heterocycles. The second kappa shape index (κ2) is 9.54. The number of hydrogen-bond donors (Lipinski definition) is 3. The SMILES string of the molecule is COC(=O)c1ccccc1/N=N/c1cc(S(=O)(=O)O)c(N)c(/N=N/c2ccccc2C)c1N. The summed E-state index contributed by atoms with van der Waals surface area (Å²) in [4.78, 5) is 11.3. The van der Waals surface area contributed by atoms with E-state index in [9.17, 15) is 17.8 Å². The molecule has 3 aromatic carbocycles. The van der Waals surface area contributed by atoms with Crippen molar-refractivity contribution >= 4 is 50.2 Å². The average Bonchev–Trinajstić information content (AvgIpc) is 2.78. The van der Waals surface area contributed by atoms with Crippen molar-refractivity contribution in [1.82, 2.24) is 0 Å². The van der Waals surface area contributed by atoms with E-state index in [4.69, 9.17) is 16.2 Å². The second-order valence-electron chi connectivity index (χ2n) is 6.74. The molecule has 5 N–H and O–H groups in total. The van der Waals surface area contributed by atoms with E-state index in [2.05, 4.69) is 20.5 Å². The molecule has 0 aliphatic carbocycles. The van der Waals surface area contributed by atoms with Gasteiger partial charge in [0.2, 0.25) is 0 Å². The van der Waals surface area contributed by atoms with Gasteiger partial charge in [0.05, 0.1) is 29.7 Å². The van der Waals surface area contributed by atoms with E-state index in [1.165, 1.54) is 19.2 Å². The number of ether oxygens (including phenoxy) is 1. The van der Waals surface area contributed by atoms with Gasteiger partial charge in [0.1, 0.15) is 22.0 Å². The Morgan fingerprint density at radius 1 is 0.879 bits per heavy atom. The first kappa shape index (κ1) is 23.5. The first-order valence-electron chi connectivity index (χ1n) is 9.39.